The number of hydrogen-bond acceptors (Lipinski definition) is 3. The van der Waals surface area contributed by atoms with Gasteiger partial charge < -0.3 is 10.0 Å². The Hall–Kier alpha value is -2.34. The molecule has 124 valence electrons. The van der Waals surface area contributed by atoms with Crippen molar-refractivity contribution in [2.75, 3.05) is 11.9 Å². The highest BCUT2D eigenvalue weighted by Gasteiger charge is 2.23. The molecule has 0 spiro atoms. The maximum absolute atomic E-state index is 12.6. The number of anilines is 1. The highest BCUT2D eigenvalue weighted by molar-refractivity contribution is 5.88. The summed E-state index contributed by atoms with van der Waals surface area (Å²) in [7, 11) is 1.82. The average Bonchev–Trinajstić information content (AvgIpc) is 2.76. The predicted octanol–water partition coefficient (Wildman–Crippen LogP) is 2.53. The van der Waals surface area contributed by atoms with E-state index >= 15 is 0 Å². The van der Waals surface area contributed by atoms with Crippen LogP contribution in [-0.2, 0) is 13.6 Å². The number of nitrogens with zero attached hydrogens (tertiary/aromatic N) is 3. The van der Waals surface area contributed by atoms with E-state index in [9.17, 15) is 9.90 Å². The maximum Gasteiger partial charge on any atom is 0.323 e. The van der Waals surface area contributed by atoms with Crippen molar-refractivity contribution in [3.8, 4) is 0 Å². The maximum atomic E-state index is 12.6. The molecule has 0 aliphatic rings. The minimum Gasteiger partial charge on any atom is -0.389 e. The second kappa shape index (κ2) is 6.83. The van der Waals surface area contributed by atoms with E-state index in [2.05, 4.69) is 10.4 Å². The van der Waals surface area contributed by atoms with Gasteiger partial charge in [0, 0.05) is 25.4 Å². The summed E-state index contributed by atoms with van der Waals surface area (Å²) in [5, 5.41) is 17.1. The summed E-state index contributed by atoms with van der Waals surface area (Å²) in [4.78, 5) is 14.2. The Morgan fingerprint density at radius 2 is 2.00 bits per heavy atom. The first-order valence-corrected chi connectivity index (χ1v) is 7.57. The summed E-state index contributed by atoms with van der Waals surface area (Å²) in [6.07, 6.45) is 0. The van der Waals surface area contributed by atoms with Gasteiger partial charge >= 0.3 is 6.03 Å². The first-order chi connectivity index (χ1) is 10.7. The number of aryl methyl sites for hydroxylation is 2. The number of urea groups is 1. The van der Waals surface area contributed by atoms with Crippen LogP contribution in [0.1, 0.15) is 25.1 Å². The number of rotatable bonds is 5. The summed E-state index contributed by atoms with van der Waals surface area (Å²) in [5.74, 6) is 0.504. The van der Waals surface area contributed by atoms with Crippen molar-refractivity contribution < 1.29 is 9.90 Å². The van der Waals surface area contributed by atoms with Crippen LogP contribution in [-0.4, -0.2) is 38.0 Å². The minimum atomic E-state index is -0.980. The smallest absolute Gasteiger partial charge is 0.323 e. The van der Waals surface area contributed by atoms with Gasteiger partial charge in [0.15, 0.2) is 5.82 Å². The lowest BCUT2D eigenvalue weighted by molar-refractivity contribution is 0.0469. The van der Waals surface area contributed by atoms with Gasteiger partial charge in [-0.25, -0.2) is 4.79 Å². The molecule has 1 heterocycles. The van der Waals surface area contributed by atoms with Crippen molar-refractivity contribution in [3.63, 3.8) is 0 Å². The van der Waals surface area contributed by atoms with E-state index in [-0.39, 0.29) is 12.6 Å². The molecular weight excluding hydrogens is 292 g/mol. The van der Waals surface area contributed by atoms with Gasteiger partial charge in [0.1, 0.15) is 0 Å². The molecule has 0 atom stereocenters. The third-order valence-electron chi connectivity index (χ3n) is 3.43. The highest BCUT2D eigenvalue weighted by atomic mass is 16.3. The van der Waals surface area contributed by atoms with Gasteiger partial charge in [0.05, 0.1) is 12.1 Å². The Labute approximate surface area is 136 Å². The van der Waals surface area contributed by atoms with Crippen molar-refractivity contribution >= 4 is 11.8 Å². The van der Waals surface area contributed by atoms with Gasteiger partial charge in [-0.05, 0) is 26.3 Å². The van der Waals surface area contributed by atoms with Crippen LogP contribution >= 0.6 is 0 Å². The molecule has 2 aromatic rings. The number of amides is 2. The molecule has 23 heavy (non-hydrogen) atoms. The number of hydrogen-bond donors (Lipinski definition) is 2. The Bertz CT molecular complexity index is 639. The lowest BCUT2D eigenvalue weighted by Crippen LogP contribution is -2.43. The van der Waals surface area contributed by atoms with Crippen LogP contribution in [0.2, 0.25) is 0 Å². The van der Waals surface area contributed by atoms with E-state index in [1.54, 1.807) is 23.4 Å². The van der Waals surface area contributed by atoms with E-state index in [1.807, 2.05) is 50.4 Å². The molecule has 2 rings (SSSR count). The van der Waals surface area contributed by atoms with Gasteiger partial charge in [-0.2, -0.15) is 5.10 Å². The van der Waals surface area contributed by atoms with Crippen molar-refractivity contribution in [3.05, 3.63) is 47.7 Å². The fourth-order valence-electron chi connectivity index (χ4n) is 2.28. The summed E-state index contributed by atoms with van der Waals surface area (Å²) in [6, 6.07) is 11.2. The highest BCUT2D eigenvalue weighted by Crippen LogP contribution is 2.13. The van der Waals surface area contributed by atoms with Crippen LogP contribution in [0.15, 0.2) is 36.4 Å². The molecule has 2 amide bonds. The van der Waals surface area contributed by atoms with Crippen LogP contribution < -0.4 is 5.32 Å². The van der Waals surface area contributed by atoms with Gasteiger partial charge in [-0.1, -0.05) is 30.3 Å². The van der Waals surface area contributed by atoms with E-state index in [1.165, 1.54) is 0 Å². The summed E-state index contributed by atoms with van der Waals surface area (Å²) >= 11 is 0. The quantitative estimate of drug-likeness (QED) is 0.890. The largest absolute Gasteiger partial charge is 0.389 e. The SMILES string of the molecule is Cc1cc(NC(=O)N(Cc2ccccc2)CC(C)(C)O)nn1C. The van der Waals surface area contributed by atoms with Crippen molar-refractivity contribution in [1.82, 2.24) is 14.7 Å². The van der Waals surface area contributed by atoms with Gasteiger partial charge in [-0.3, -0.25) is 10.00 Å². The number of aliphatic hydroxyl groups is 1. The topological polar surface area (TPSA) is 70.4 Å². The average molecular weight is 316 g/mol. The lowest BCUT2D eigenvalue weighted by Gasteiger charge is -2.29. The molecule has 0 aliphatic carbocycles. The normalized spacial score (nSPS) is 11.3. The van der Waals surface area contributed by atoms with Crippen molar-refractivity contribution in [2.45, 2.75) is 32.9 Å². The second-order valence-electron chi connectivity index (χ2n) is 6.38. The predicted molar refractivity (Wildman–Crippen MR) is 90.1 cm³/mol. The number of nitrogens with one attached hydrogen (secondary N) is 1. The van der Waals surface area contributed by atoms with Gasteiger partial charge in [0.2, 0.25) is 0 Å². The van der Waals surface area contributed by atoms with Gasteiger partial charge in [-0.15, -0.1) is 0 Å². The fraction of sp³-hybridized carbons (Fsp3) is 0.412. The molecule has 0 saturated heterocycles. The third-order valence-corrected chi connectivity index (χ3v) is 3.43. The van der Waals surface area contributed by atoms with E-state index in [4.69, 9.17) is 0 Å². The molecule has 6 nitrogen and oxygen atoms in total. The molecule has 0 fully saturated rings. The molecule has 1 aromatic heterocycles. The zero-order chi connectivity index (χ0) is 17.0. The van der Waals surface area contributed by atoms with Gasteiger partial charge in [0.25, 0.3) is 0 Å². The lowest BCUT2D eigenvalue weighted by atomic mass is 10.1. The minimum absolute atomic E-state index is 0.222. The molecule has 0 aliphatic heterocycles. The zero-order valence-electron chi connectivity index (χ0n) is 14.1. The van der Waals surface area contributed by atoms with Crippen LogP contribution in [0, 0.1) is 6.92 Å². The molecule has 0 saturated carbocycles. The Kier molecular flexibility index (Phi) is 5.05. The second-order valence-corrected chi connectivity index (χ2v) is 6.38. The molecule has 0 radical (unpaired) electrons. The fourth-order valence-corrected chi connectivity index (χ4v) is 2.28. The molecular formula is C17H24N4O2. The molecule has 6 heteroatoms. The van der Waals surface area contributed by atoms with Crippen LogP contribution in [0.4, 0.5) is 10.6 Å². The Balaban J connectivity index is 2.13. The van der Waals surface area contributed by atoms with Crippen LogP contribution in [0.3, 0.4) is 0 Å². The molecule has 0 bridgehead atoms. The van der Waals surface area contributed by atoms with Crippen LogP contribution in [0.5, 0.6) is 0 Å². The number of aromatic nitrogens is 2. The first kappa shape index (κ1) is 17.0. The monoisotopic (exact) mass is 316 g/mol. The Morgan fingerprint density at radius 3 is 2.52 bits per heavy atom. The summed E-state index contributed by atoms with van der Waals surface area (Å²) < 4.78 is 1.70. The molecule has 0 unspecified atom stereocenters. The number of carbonyl (C=O) groups excluding carboxylic acids is 1. The number of carbonyl (C=O) groups is 1. The third kappa shape index (κ3) is 5.10. The van der Waals surface area contributed by atoms with E-state index in [0.29, 0.717) is 12.4 Å². The first-order valence-electron chi connectivity index (χ1n) is 7.57. The zero-order valence-corrected chi connectivity index (χ0v) is 14.1. The van der Waals surface area contributed by atoms with Crippen molar-refractivity contribution in [1.29, 1.82) is 0 Å². The molecule has 1 aromatic carbocycles. The summed E-state index contributed by atoms with van der Waals surface area (Å²) in [6.45, 7) is 5.93. The van der Waals surface area contributed by atoms with Crippen LogP contribution in [0.25, 0.3) is 0 Å². The van der Waals surface area contributed by atoms with Crippen molar-refractivity contribution in [2.24, 2.45) is 7.05 Å². The molecule has 2 N–H and O–H groups in total. The summed E-state index contributed by atoms with van der Waals surface area (Å²) in [5.41, 5.74) is 0.980. The Morgan fingerprint density at radius 1 is 1.35 bits per heavy atom. The van der Waals surface area contributed by atoms with E-state index < -0.39 is 5.60 Å². The van der Waals surface area contributed by atoms with E-state index in [0.717, 1.165) is 11.3 Å². The standard InChI is InChI=1S/C17H24N4O2/c1-13-10-15(19-20(13)4)18-16(22)21(12-17(2,3)23)11-14-8-6-5-7-9-14/h5-10,23H,11-12H2,1-4H3,(H,18,19,22). The number of benzene rings is 1.